The summed E-state index contributed by atoms with van der Waals surface area (Å²) in [6, 6.07) is 4.69. The number of hydrogen-bond acceptors (Lipinski definition) is 5. The van der Waals surface area contributed by atoms with E-state index in [0.717, 1.165) is 0 Å². The van der Waals surface area contributed by atoms with Crippen LogP contribution < -0.4 is 5.32 Å². The number of imidazole rings is 1. The number of carbonyl (C=O) groups excluding carboxylic acids is 1. The number of aliphatic hydroxyl groups excluding tert-OH is 1. The Morgan fingerprint density at radius 1 is 1.39 bits per heavy atom. The van der Waals surface area contributed by atoms with Gasteiger partial charge in [0.1, 0.15) is 24.0 Å². The number of carbonyl (C=O) groups is 1. The molecular formula is C15H16FN3O4. The van der Waals surface area contributed by atoms with Crippen molar-refractivity contribution < 1.29 is 23.8 Å². The van der Waals surface area contributed by atoms with Crippen LogP contribution in [0.25, 0.3) is 5.65 Å². The number of hydrogen-bond donors (Lipinski definition) is 2. The van der Waals surface area contributed by atoms with E-state index in [2.05, 4.69) is 10.3 Å². The van der Waals surface area contributed by atoms with Crippen molar-refractivity contribution in [3.8, 4) is 0 Å². The average molecular weight is 321 g/mol. The molecule has 4 rings (SSSR count). The Kier molecular flexibility index (Phi) is 3.33. The van der Waals surface area contributed by atoms with Crippen LogP contribution in [0.4, 0.5) is 4.39 Å². The average Bonchev–Trinajstić information content (AvgIpc) is 3.17. The first kappa shape index (κ1) is 14.6. The highest BCUT2D eigenvalue weighted by Gasteiger charge is 2.47. The van der Waals surface area contributed by atoms with Crippen molar-refractivity contribution in [2.75, 3.05) is 13.2 Å². The van der Waals surface area contributed by atoms with Gasteiger partial charge < -0.3 is 19.9 Å². The Balaban J connectivity index is 1.58. The van der Waals surface area contributed by atoms with Crippen LogP contribution in [-0.4, -0.2) is 58.0 Å². The van der Waals surface area contributed by atoms with E-state index in [1.807, 2.05) is 0 Å². The number of fused-ring (bicyclic) bond motifs is 2. The highest BCUT2D eigenvalue weighted by molar-refractivity contribution is 5.93. The monoisotopic (exact) mass is 321 g/mol. The van der Waals surface area contributed by atoms with Crippen molar-refractivity contribution in [3.05, 3.63) is 35.5 Å². The Morgan fingerprint density at radius 3 is 2.96 bits per heavy atom. The van der Waals surface area contributed by atoms with E-state index < -0.39 is 36.2 Å². The number of halogens is 1. The van der Waals surface area contributed by atoms with Crippen molar-refractivity contribution >= 4 is 11.6 Å². The van der Waals surface area contributed by atoms with Crippen molar-refractivity contribution in [2.45, 2.75) is 31.3 Å². The van der Waals surface area contributed by atoms with Gasteiger partial charge in [0.2, 0.25) is 5.95 Å². The lowest BCUT2D eigenvalue weighted by Gasteiger charge is -2.16. The minimum Gasteiger partial charge on any atom is -0.388 e. The van der Waals surface area contributed by atoms with Gasteiger partial charge in [-0.25, -0.2) is 4.98 Å². The number of pyridine rings is 1. The van der Waals surface area contributed by atoms with Gasteiger partial charge in [-0.05, 0) is 19.1 Å². The molecule has 23 heavy (non-hydrogen) atoms. The summed E-state index contributed by atoms with van der Waals surface area (Å²) in [4.78, 5) is 16.4. The number of aryl methyl sites for hydroxylation is 1. The van der Waals surface area contributed by atoms with E-state index >= 15 is 0 Å². The molecule has 2 aliphatic rings. The fourth-order valence-electron chi connectivity index (χ4n) is 3.20. The molecule has 0 bridgehead atoms. The molecule has 1 amide bonds. The molecule has 7 nitrogen and oxygen atoms in total. The molecule has 2 aromatic heterocycles. The third-order valence-corrected chi connectivity index (χ3v) is 4.34. The maximum absolute atomic E-state index is 14.5. The van der Waals surface area contributed by atoms with Gasteiger partial charge in [0, 0.05) is 5.69 Å². The Labute approximate surface area is 131 Å². The maximum Gasteiger partial charge on any atom is 0.275 e. The molecular weight excluding hydrogens is 305 g/mol. The van der Waals surface area contributed by atoms with Crippen LogP contribution in [0.5, 0.6) is 0 Å². The molecule has 2 aliphatic heterocycles. The topological polar surface area (TPSA) is 85.1 Å². The number of aliphatic hydroxyl groups is 1. The quantitative estimate of drug-likeness (QED) is 0.816. The van der Waals surface area contributed by atoms with Gasteiger partial charge in [-0.2, -0.15) is 4.39 Å². The molecule has 0 spiro atoms. The molecule has 0 radical (unpaired) electrons. The van der Waals surface area contributed by atoms with E-state index in [9.17, 15) is 14.3 Å². The number of nitrogens with zero attached hydrogens (tertiary/aromatic N) is 2. The van der Waals surface area contributed by atoms with Gasteiger partial charge in [-0.1, -0.05) is 6.07 Å². The molecule has 4 heterocycles. The number of aromatic nitrogens is 2. The van der Waals surface area contributed by atoms with Gasteiger partial charge in [0.05, 0.1) is 19.3 Å². The molecule has 2 aromatic rings. The predicted octanol–water partition coefficient (Wildman–Crippen LogP) is 0.0387. The standard InChI is InChI=1S/C15H16FN3O4/c1-7-3-2-4-10-18-11(14(16)19(7)10)15(21)17-8-5-22-13-9(20)6-23-12(8)13/h2-4,8-9,12-13,20H,5-6H2,1H3,(H,17,21)/t8-,9+,12+,13+/m0/s1. The van der Waals surface area contributed by atoms with E-state index in [-0.39, 0.29) is 18.9 Å². The molecule has 2 fully saturated rings. The molecule has 0 aliphatic carbocycles. The fraction of sp³-hybridized carbons (Fsp3) is 0.467. The van der Waals surface area contributed by atoms with Crippen LogP contribution in [0, 0.1) is 12.9 Å². The summed E-state index contributed by atoms with van der Waals surface area (Å²) in [5, 5.41) is 12.4. The SMILES string of the molecule is Cc1cccc2nc(C(=O)N[C@H]3CO[C@H]4[C@@H]3OC[C@H]4O)c(F)n12. The summed E-state index contributed by atoms with van der Waals surface area (Å²) in [6.07, 6.45) is -1.57. The second kappa shape index (κ2) is 5.26. The van der Waals surface area contributed by atoms with Gasteiger partial charge in [0.25, 0.3) is 5.91 Å². The molecule has 2 saturated heterocycles. The van der Waals surface area contributed by atoms with Crippen LogP contribution in [0.2, 0.25) is 0 Å². The minimum atomic E-state index is -0.698. The summed E-state index contributed by atoms with van der Waals surface area (Å²) in [6.45, 7) is 2.12. The maximum atomic E-state index is 14.5. The Hall–Kier alpha value is -2.03. The van der Waals surface area contributed by atoms with Gasteiger partial charge in [-0.15, -0.1) is 0 Å². The second-order valence-electron chi connectivity index (χ2n) is 5.86. The zero-order valence-corrected chi connectivity index (χ0v) is 12.4. The zero-order valence-electron chi connectivity index (χ0n) is 12.4. The molecule has 0 unspecified atom stereocenters. The van der Waals surface area contributed by atoms with Crippen LogP contribution >= 0.6 is 0 Å². The molecule has 4 atom stereocenters. The number of rotatable bonds is 2. The van der Waals surface area contributed by atoms with Crippen LogP contribution in [0.15, 0.2) is 18.2 Å². The summed E-state index contributed by atoms with van der Waals surface area (Å²) < 4.78 is 26.6. The zero-order chi connectivity index (χ0) is 16.1. The highest BCUT2D eigenvalue weighted by atomic mass is 19.1. The van der Waals surface area contributed by atoms with Crippen LogP contribution in [-0.2, 0) is 9.47 Å². The Bertz CT molecular complexity index is 777. The summed E-state index contributed by atoms with van der Waals surface area (Å²) in [5.41, 5.74) is 0.764. The normalized spacial score (nSPS) is 29.9. The number of amides is 1. The second-order valence-corrected chi connectivity index (χ2v) is 5.86. The molecule has 8 heteroatoms. The first-order valence-electron chi connectivity index (χ1n) is 7.42. The predicted molar refractivity (Wildman–Crippen MR) is 76.6 cm³/mol. The summed E-state index contributed by atoms with van der Waals surface area (Å²) >= 11 is 0. The van der Waals surface area contributed by atoms with Crippen molar-refractivity contribution in [1.82, 2.24) is 14.7 Å². The smallest absolute Gasteiger partial charge is 0.275 e. The van der Waals surface area contributed by atoms with Gasteiger partial charge >= 0.3 is 0 Å². The van der Waals surface area contributed by atoms with Gasteiger partial charge in [0.15, 0.2) is 5.69 Å². The van der Waals surface area contributed by atoms with E-state index in [1.165, 1.54) is 4.40 Å². The largest absolute Gasteiger partial charge is 0.388 e. The summed E-state index contributed by atoms with van der Waals surface area (Å²) in [7, 11) is 0. The first-order valence-corrected chi connectivity index (χ1v) is 7.42. The number of ether oxygens (including phenoxy) is 2. The third-order valence-electron chi connectivity index (χ3n) is 4.34. The number of nitrogens with one attached hydrogen (secondary N) is 1. The van der Waals surface area contributed by atoms with Crippen molar-refractivity contribution in [3.63, 3.8) is 0 Å². The molecule has 0 saturated carbocycles. The first-order chi connectivity index (χ1) is 11.1. The third kappa shape index (κ3) is 2.21. The Morgan fingerprint density at radius 2 is 2.17 bits per heavy atom. The van der Waals surface area contributed by atoms with Crippen molar-refractivity contribution in [1.29, 1.82) is 0 Å². The highest BCUT2D eigenvalue weighted by Crippen LogP contribution is 2.27. The molecule has 2 N–H and O–H groups in total. The van der Waals surface area contributed by atoms with E-state index in [4.69, 9.17) is 9.47 Å². The minimum absolute atomic E-state index is 0.170. The summed E-state index contributed by atoms with van der Waals surface area (Å²) in [5.74, 6) is -1.32. The lowest BCUT2D eigenvalue weighted by molar-refractivity contribution is 0.0178. The van der Waals surface area contributed by atoms with E-state index in [1.54, 1.807) is 25.1 Å². The van der Waals surface area contributed by atoms with Crippen LogP contribution in [0.3, 0.4) is 0 Å². The van der Waals surface area contributed by atoms with Crippen molar-refractivity contribution in [2.24, 2.45) is 0 Å². The molecule has 122 valence electrons. The fourth-order valence-corrected chi connectivity index (χ4v) is 3.20. The van der Waals surface area contributed by atoms with Gasteiger partial charge in [-0.3, -0.25) is 9.20 Å². The van der Waals surface area contributed by atoms with Crippen LogP contribution in [0.1, 0.15) is 16.2 Å². The molecule has 0 aromatic carbocycles. The lowest BCUT2D eigenvalue weighted by Crippen LogP contribution is -2.44. The lowest BCUT2D eigenvalue weighted by atomic mass is 10.1. The van der Waals surface area contributed by atoms with E-state index in [0.29, 0.717) is 11.3 Å².